The zero-order valence-electron chi connectivity index (χ0n) is 17.3. The lowest BCUT2D eigenvalue weighted by atomic mass is 10.0. The molecule has 2 aromatic carbocycles. The maximum absolute atomic E-state index is 12.8. The summed E-state index contributed by atoms with van der Waals surface area (Å²) in [5.74, 6) is -0.0122. The van der Waals surface area contributed by atoms with E-state index in [0.29, 0.717) is 17.7 Å². The average molecular weight is 445 g/mol. The fourth-order valence-electron chi connectivity index (χ4n) is 3.02. The van der Waals surface area contributed by atoms with Crippen LogP contribution in [0.5, 0.6) is 0 Å². The van der Waals surface area contributed by atoms with Crippen LogP contribution >= 0.6 is 0 Å². The molecule has 3 aromatic rings. The van der Waals surface area contributed by atoms with Crippen molar-refractivity contribution >= 4 is 16.2 Å². The molecule has 1 amide bonds. The number of ether oxygens (including phenoxy) is 1. The Morgan fingerprint density at radius 1 is 1.13 bits per heavy atom. The molecule has 31 heavy (non-hydrogen) atoms. The summed E-state index contributed by atoms with van der Waals surface area (Å²) >= 11 is 0. The van der Waals surface area contributed by atoms with Gasteiger partial charge in [-0.2, -0.15) is 8.42 Å². The van der Waals surface area contributed by atoms with Crippen molar-refractivity contribution in [2.75, 3.05) is 0 Å². The molecule has 1 heterocycles. The van der Waals surface area contributed by atoms with E-state index in [2.05, 4.69) is 5.16 Å². The summed E-state index contributed by atoms with van der Waals surface area (Å²) in [6.07, 6.45) is -0.736. The number of benzene rings is 2. The zero-order valence-corrected chi connectivity index (χ0v) is 18.1. The summed E-state index contributed by atoms with van der Waals surface area (Å²) in [7, 11) is -4.28. The maximum Gasteiger partial charge on any atom is 0.407 e. The van der Waals surface area contributed by atoms with Crippen molar-refractivity contribution in [2.24, 2.45) is 5.73 Å². The Balaban J connectivity index is 2.03. The summed E-state index contributed by atoms with van der Waals surface area (Å²) in [4.78, 5) is 11.4. The summed E-state index contributed by atoms with van der Waals surface area (Å²) in [6, 6.07) is 15.3. The molecular formula is C22H24N2O6S. The van der Waals surface area contributed by atoms with Crippen LogP contribution in [-0.2, 0) is 25.5 Å². The average Bonchev–Trinajstić information content (AvgIpc) is 3.16. The van der Waals surface area contributed by atoms with E-state index in [1.807, 2.05) is 44.2 Å². The number of carbonyl (C=O) groups is 1. The number of nitrogens with two attached hydrogens (primary N) is 1. The van der Waals surface area contributed by atoms with Gasteiger partial charge in [-0.25, -0.2) is 8.98 Å². The van der Waals surface area contributed by atoms with Crippen LogP contribution in [0.3, 0.4) is 0 Å². The predicted molar refractivity (Wildman–Crippen MR) is 113 cm³/mol. The third kappa shape index (κ3) is 5.50. The van der Waals surface area contributed by atoms with Crippen LogP contribution in [-0.4, -0.2) is 19.7 Å². The van der Waals surface area contributed by atoms with Crippen LogP contribution in [0.15, 0.2) is 64.0 Å². The van der Waals surface area contributed by atoms with Crippen molar-refractivity contribution in [3.63, 3.8) is 0 Å². The number of hydrogen-bond donors (Lipinski definition) is 1. The van der Waals surface area contributed by atoms with Crippen LogP contribution < -0.4 is 5.73 Å². The van der Waals surface area contributed by atoms with E-state index < -0.39 is 22.5 Å². The Bertz CT molecular complexity index is 1120. The highest BCUT2D eigenvalue weighted by molar-refractivity contribution is 7.86. The topological polar surface area (TPSA) is 122 Å². The molecule has 2 N–H and O–H groups in total. The van der Waals surface area contributed by atoms with Gasteiger partial charge in [0.15, 0.2) is 0 Å². The first-order valence-corrected chi connectivity index (χ1v) is 11.2. The largest absolute Gasteiger partial charge is 0.410 e. The molecule has 0 bridgehead atoms. The first-order valence-electron chi connectivity index (χ1n) is 9.81. The van der Waals surface area contributed by atoms with Crippen molar-refractivity contribution < 1.29 is 26.7 Å². The molecule has 1 aromatic heterocycles. The number of primary amides is 1. The lowest BCUT2D eigenvalue weighted by Gasteiger charge is -2.16. The summed E-state index contributed by atoms with van der Waals surface area (Å²) in [5, 5.41) is 4.10. The third-order valence-electron chi connectivity index (χ3n) is 4.61. The minimum absolute atomic E-state index is 0.0122. The Hall–Kier alpha value is -3.17. The van der Waals surface area contributed by atoms with Crippen molar-refractivity contribution in [1.29, 1.82) is 0 Å². The van der Waals surface area contributed by atoms with E-state index in [-0.39, 0.29) is 10.7 Å². The molecule has 0 radical (unpaired) electrons. The summed E-state index contributed by atoms with van der Waals surface area (Å²) in [6.45, 7) is 3.85. The second kappa shape index (κ2) is 9.76. The van der Waals surface area contributed by atoms with E-state index in [1.54, 1.807) is 12.1 Å². The van der Waals surface area contributed by atoms with Crippen LogP contribution in [0.2, 0.25) is 0 Å². The number of hydrogen-bond acceptors (Lipinski definition) is 7. The van der Waals surface area contributed by atoms with Gasteiger partial charge >= 0.3 is 16.2 Å². The van der Waals surface area contributed by atoms with Gasteiger partial charge in [0.2, 0.25) is 5.76 Å². The highest BCUT2D eigenvalue weighted by atomic mass is 32.2. The Morgan fingerprint density at radius 2 is 1.81 bits per heavy atom. The Kier molecular flexibility index (Phi) is 7.09. The first kappa shape index (κ1) is 22.5. The number of aryl methyl sites for hydroxylation is 1. The summed E-state index contributed by atoms with van der Waals surface area (Å²) < 4.78 is 41.3. The van der Waals surface area contributed by atoms with Crippen molar-refractivity contribution in [3.8, 4) is 11.3 Å². The molecule has 0 aliphatic carbocycles. The second-order valence-electron chi connectivity index (χ2n) is 6.98. The first-order chi connectivity index (χ1) is 14.8. The molecular weight excluding hydrogens is 420 g/mol. The number of amides is 1. The van der Waals surface area contributed by atoms with Gasteiger partial charge in [-0.05, 0) is 31.9 Å². The number of carbonyl (C=O) groups excluding carboxylic acids is 1. The molecule has 8 nitrogen and oxygen atoms in total. The Morgan fingerprint density at radius 3 is 2.42 bits per heavy atom. The minimum Gasteiger partial charge on any atom is -0.410 e. The fourth-order valence-corrected chi connectivity index (χ4v) is 3.96. The second-order valence-corrected chi connectivity index (χ2v) is 8.55. The number of aromatic nitrogens is 1. The van der Waals surface area contributed by atoms with Crippen LogP contribution in [0, 0.1) is 6.92 Å². The van der Waals surface area contributed by atoms with Crippen molar-refractivity contribution in [1.82, 2.24) is 5.16 Å². The normalized spacial score (nSPS) is 12.5. The minimum atomic E-state index is -4.28. The van der Waals surface area contributed by atoms with E-state index in [1.165, 1.54) is 12.1 Å². The number of unbranched alkanes of at least 4 members (excludes halogenated alkanes) is 1. The van der Waals surface area contributed by atoms with Crippen LogP contribution in [0.25, 0.3) is 11.3 Å². The van der Waals surface area contributed by atoms with Crippen molar-refractivity contribution in [3.05, 3.63) is 71.5 Å². The van der Waals surface area contributed by atoms with Gasteiger partial charge in [0, 0.05) is 11.1 Å². The quantitative estimate of drug-likeness (QED) is 0.381. The molecule has 1 atom stereocenters. The van der Waals surface area contributed by atoms with Crippen LogP contribution in [0.4, 0.5) is 4.79 Å². The van der Waals surface area contributed by atoms with Gasteiger partial charge in [-0.15, -0.1) is 0 Å². The lowest BCUT2D eigenvalue weighted by Crippen LogP contribution is -2.22. The third-order valence-corrected chi connectivity index (χ3v) is 5.88. The molecule has 9 heteroatoms. The van der Waals surface area contributed by atoms with Gasteiger partial charge in [0.1, 0.15) is 5.69 Å². The van der Waals surface area contributed by atoms with Crippen LogP contribution in [0.1, 0.15) is 42.9 Å². The van der Waals surface area contributed by atoms with Gasteiger partial charge in [-0.1, -0.05) is 66.5 Å². The molecule has 0 saturated carbocycles. The smallest absolute Gasteiger partial charge is 0.407 e. The van der Waals surface area contributed by atoms with E-state index in [4.69, 9.17) is 19.2 Å². The molecule has 0 aliphatic heterocycles. The number of rotatable bonds is 9. The van der Waals surface area contributed by atoms with E-state index in [9.17, 15) is 13.2 Å². The van der Waals surface area contributed by atoms with Crippen molar-refractivity contribution in [2.45, 2.75) is 44.3 Å². The lowest BCUT2D eigenvalue weighted by molar-refractivity contribution is -0.0440. The maximum atomic E-state index is 12.8. The monoisotopic (exact) mass is 444 g/mol. The van der Waals surface area contributed by atoms with Gasteiger partial charge in [0.25, 0.3) is 6.29 Å². The molecule has 164 valence electrons. The number of nitrogens with zero attached hydrogens (tertiary/aromatic N) is 1. The van der Waals surface area contributed by atoms with Gasteiger partial charge in [-0.3, -0.25) is 0 Å². The SMILES string of the molecule is CCCCc1c(-c2ccccc2)noc1C(OC(N)=O)OS(=O)(=O)c1ccc(C)cc1. The molecule has 0 spiro atoms. The predicted octanol–water partition coefficient (Wildman–Crippen LogP) is 4.49. The summed E-state index contributed by atoms with van der Waals surface area (Å²) in [5.41, 5.74) is 7.96. The highest BCUT2D eigenvalue weighted by Gasteiger charge is 2.33. The Labute approximate surface area is 181 Å². The van der Waals surface area contributed by atoms with E-state index in [0.717, 1.165) is 24.0 Å². The standard InChI is InChI=1S/C22H24N2O6S/c1-3-4-10-18-19(16-8-6-5-7-9-16)24-29-20(18)21(28-22(23)25)30-31(26,27)17-13-11-15(2)12-14-17/h5-9,11-14,21H,3-4,10H2,1-2H3,(H2,23,25). The zero-order chi connectivity index (χ0) is 22.4. The molecule has 3 rings (SSSR count). The fraction of sp³-hybridized carbons (Fsp3) is 0.273. The molecule has 0 saturated heterocycles. The van der Waals surface area contributed by atoms with E-state index >= 15 is 0 Å². The molecule has 0 fully saturated rings. The van der Waals surface area contributed by atoms with Gasteiger partial charge in [0.05, 0.1) is 4.90 Å². The highest BCUT2D eigenvalue weighted by Crippen LogP contribution is 2.34. The molecule has 1 unspecified atom stereocenters. The molecule has 0 aliphatic rings. The van der Waals surface area contributed by atoms with Gasteiger partial charge < -0.3 is 15.0 Å².